The van der Waals surface area contributed by atoms with Crippen LogP contribution < -0.4 is 10.1 Å². The van der Waals surface area contributed by atoms with E-state index >= 15 is 0 Å². The molecule has 0 saturated heterocycles. The van der Waals surface area contributed by atoms with E-state index in [0.29, 0.717) is 25.3 Å². The predicted molar refractivity (Wildman–Crippen MR) is 86.3 cm³/mol. The summed E-state index contributed by atoms with van der Waals surface area (Å²) in [6, 6.07) is 13.1. The molecular formula is C18H21NO3. The largest absolute Gasteiger partial charge is 0.494 e. The van der Waals surface area contributed by atoms with E-state index in [4.69, 9.17) is 9.84 Å². The highest BCUT2D eigenvalue weighted by Gasteiger charge is 2.05. The molecule has 0 saturated carbocycles. The predicted octanol–water partition coefficient (Wildman–Crippen LogP) is 3.38. The summed E-state index contributed by atoms with van der Waals surface area (Å²) in [5, 5.41) is 12.2. The molecule has 2 N–H and O–H groups in total. The fourth-order valence-electron chi connectivity index (χ4n) is 2.20. The lowest BCUT2D eigenvalue weighted by atomic mass is 10.1. The van der Waals surface area contributed by atoms with E-state index in [9.17, 15) is 4.79 Å². The first-order valence-electron chi connectivity index (χ1n) is 7.35. The van der Waals surface area contributed by atoms with E-state index in [1.807, 2.05) is 32.0 Å². The van der Waals surface area contributed by atoms with Crippen LogP contribution in [0.5, 0.6) is 5.75 Å². The maximum absolute atomic E-state index is 10.8. The van der Waals surface area contributed by atoms with Gasteiger partial charge in [0.25, 0.3) is 0 Å². The van der Waals surface area contributed by atoms with Crippen LogP contribution in [0.15, 0.2) is 42.5 Å². The molecule has 2 aromatic rings. The molecule has 2 aromatic carbocycles. The number of hydrogen-bond acceptors (Lipinski definition) is 3. The molecule has 116 valence electrons. The summed E-state index contributed by atoms with van der Waals surface area (Å²) in [4.78, 5) is 10.8. The molecule has 2 rings (SSSR count). The van der Waals surface area contributed by atoms with Crippen LogP contribution in [0, 0.1) is 6.92 Å². The Labute approximate surface area is 130 Å². The average molecular weight is 299 g/mol. The number of carboxylic acids is 1. The van der Waals surface area contributed by atoms with Gasteiger partial charge in [0.1, 0.15) is 5.75 Å². The summed E-state index contributed by atoms with van der Waals surface area (Å²) in [5.41, 5.74) is 3.65. The molecule has 0 heterocycles. The first-order valence-corrected chi connectivity index (χ1v) is 7.35. The van der Waals surface area contributed by atoms with E-state index in [1.165, 1.54) is 5.56 Å². The Morgan fingerprint density at radius 1 is 1.14 bits per heavy atom. The van der Waals surface area contributed by atoms with Crippen molar-refractivity contribution < 1.29 is 14.6 Å². The summed E-state index contributed by atoms with van der Waals surface area (Å²) in [5.74, 6) is 0.0109. The van der Waals surface area contributed by atoms with Crippen LogP contribution in [0.1, 0.15) is 34.0 Å². The molecule has 0 unspecified atom stereocenters. The average Bonchev–Trinajstić information content (AvgIpc) is 2.50. The van der Waals surface area contributed by atoms with Gasteiger partial charge in [-0.25, -0.2) is 4.79 Å². The van der Waals surface area contributed by atoms with Crippen molar-refractivity contribution >= 4 is 5.97 Å². The van der Waals surface area contributed by atoms with Gasteiger partial charge in [0.15, 0.2) is 0 Å². The highest BCUT2D eigenvalue weighted by Crippen LogP contribution is 2.20. The van der Waals surface area contributed by atoms with Crippen LogP contribution in [-0.4, -0.2) is 17.7 Å². The normalized spacial score (nSPS) is 10.5. The first-order chi connectivity index (χ1) is 10.6. The molecule has 0 aliphatic rings. The molecule has 22 heavy (non-hydrogen) atoms. The van der Waals surface area contributed by atoms with Gasteiger partial charge in [0.2, 0.25) is 0 Å². The van der Waals surface area contributed by atoms with Gasteiger partial charge in [-0.1, -0.05) is 24.3 Å². The van der Waals surface area contributed by atoms with Gasteiger partial charge in [-0.05, 0) is 43.2 Å². The fourth-order valence-corrected chi connectivity index (χ4v) is 2.20. The summed E-state index contributed by atoms with van der Waals surface area (Å²) in [6.07, 6.45) is 0. The number of hydrogen-bond donors (Lipinski definition) is 2. The van der Waals surface area contributed by atoms with Gasteiger partial charge in [-0.2, -0.15) is 0 Å². The van der Waals surface area contributed by atoms with Crippen LogP contribution in [0.25, 0.3) is 0 Å². The minimum Gasteiger partial charge on any atom is -0.494 e. The Morgan fingerprint density at radius 3 is 2.50 bits per heavy atom. The van der Waals surface area contributed by atoms with Crippen molar-refractivity contribution in [3.05, 3.63) is 64.7 Å². The van der Waals surface area contributed by atoms with Crippen LogP contribution >= 0.6 is 0 Å². The van der Waals surface area contributed by atoms with Crippen molar-refractivity contribution in [3.8, 4) is 5.75 Å². The van der Waals surface area contributed by atoms with Gasteiger partial charge in [0, 0.05) is 18.7 Å². The topological polar surface area (TPSA) is 58.6 Å². The molecule has 0 bridgehead atoms. The van der Waals surface area contributed by atoms with Gasteiger partial charge in [-0.15, -0.1) is 0 Å². The van der Waals surface area contributed by atoms with Crippen molar-refractivity contribution in [1.82, 2.24) is 5.32 Å². The second-order valence-corrected chi connectivity index (χ2v) is 5.15. The van der Waals surface area contributed by atoms with Crippen LogP contribution in [-0.2, 0) is 13.1 Å². The quantitative estimate of drug-likeness (QED) is 0.823. The first kappa shape index (κ1) is 16.0. The van der Waals surface area contributed by atoms with Gasteiger partial charge >= 0.3 is 5.97 Å². The highest BCUT2D eigenvalue weighted by molar-refractivity contribution is 5.87. The second-order valence-electron chi connectivity index (χ2n) is 5.15. The number of nitrogens with one attached hydrogen (secondary N) is 1. The number of rotatable bonds is 7. The number of benzene rings is 2. The van der Waals surface area contributed by atoms with Crippen molar-refractivity contribution in [2.24, 2.45) is 0 Å². The Morgan fingerprint density at radius 2 is 1.86 bits per heavy atom. The highest BCUT2D eigenvalue weighted by atomic mass is 16.5. The minimum absolute atomic E-state index is 0.306. The molecule has 0 spiro atoms. The summed E-state index contributed by atoms with van der Waals surface area (Å²) in [7, 11) is 0. The van der Waals surface area contributed by atoms with Crippen molar-refractivity contribution in [3.63, 3.8) is 0 Å². The van der Waals surface area contributed by atoms with Gasteiger partial charge < -0.3 is 15.2 Å². The molecule has 4 nitrogen and oxygen atoms in total. The number of ether oxygens (including phenoxy) is 1. The minimum atomic E-state index is -0.902. The summed E-state index contributed by atoms with van der Waals surface area (Å²) in [6.45, 7) is 6.05. The van der Waals surface area contributed by atoms with Crippen molar-refractivity contribution in [2.75, 3.05) is 6.61 Å². The van der Waals surface area contributed by atoms with E-state index < -0.39 is 5.97 Å². The Kier molecular flexibility index (Phi) is 5.55. The maximum Gasteiger partial charge on any atom is 0.335 e. The lowest BCUT2D eigenvalue weighted by Crippen LogP contribution is -2.14. The Hall–Kier alpha value is -2.33. The molecule has 0 aromatic heterocycles. The molecular weight excluding hydrogens is 278 g/mol. The number of aromatic carboxylic acids is 1. The zero-order chi connectivity index (χ0) is 15.9. The zero-order valence-corrected chi connectivity index (χ0v) is 12.9. The molecule has 0 radical (unpaired) electrons. The van der Waals surface area contributed by atoms with Crippen LogP contribution in [0.3, 0.4) is 0 Å². The number of aryl methyl sites for hydroxylation is 1. The molecule has 4 heteroatoms. The van der Waals surface area contributed by atoms with Crippen molar-refractivity contribution in [2.45, 2.75) is 26.9 Å². The third-order valence-electron chi connectivity index (χ3n) is 3.37. The molecule has 0 aliphatic carbocycles. The third-order valence-corrected chi connectivity index (χ3v) is 3.37. The van der Waals surface area contributed by atoms with Gasteiger partial charge in [0.05, 0.1) is 12.2 Å². The number of carbonyl (C=O) groups is 1. The molecule has 0 amide bonds. The SMILES string of the molecule is CCOc1cc(C)ccc1CNCc1ccc(C(=O)O)cc1. The maximum atomic E-state index is 10.8. The smallest absolute Gasteiger partial charge is 0.335 e. The monoisotopic (exact) mass is 299 g/mol. The standard InChI is InChI=1S/C18H21NO3/c1-3-22-17-10-13(2)4-7-16(17)12-19-11-14-5-8-15(9-6-14)18(20)21/h4-10,19H,3,11-12H2,1-2H3,(H,20,21). The van der Waals surface area contributed by atoms with E-state index in [0.717, 1.165) is 16.9 Å². The Balaban J connectivity index is 1.94. The lowest BCUT2D eigenvalue weighted by molar-refractivity contribution is 0.0697. The second kappa shape index (κ2) is 7.61. The van der Waals surface area contributed by atoms with Crippen molar-refractivity contribution in [1.29, 1.82) is 0 Å². The molecule has 0 fully saturated rings. The summed E-state index contributed by atoms with van der Waals surface area (Å²) < 4.78 is 5.66. The third kappa shape index (κ3) is 4.33. The van der Waals surface area contributed by atoms with Gasteiger partial charge in [-0.3, -0.25) is 0 Å². The van der Waals surface area contributed by atoms with Crippen LogP contribution in [0.2, 0.25) is 0 Å². The number of carboxylic acid groups (broad SMARTS) is 1. The lowest BCUT2D eigenvalue weighted by Gasteiger charge is -2.12. The van der Waals surface area contributed by atoms with E-state index in [1.54, 1.807) is 12.1 Å². The summed E-state index contributed by atoms with van der Waals surface area (Å²) >= 11 is 0. The fraction of sp³-hybridized carbons (Fsp3) is 0.278. The van der Waals surface area contributed by atoms with E-state index in [2.05, 4.69) is 17.4 Å². The van der Waals surface area contributed by atoms with Crippen LogP contribution in [0.4, 0.5) is 0 Å². The van der Waals surface area contributed by atoms with E-state index in [-0.39, 0.29) is 0 Å². The molecule has 0 aliphatic heterocycles. The zero-order valence-electron chi connectivity index (χ0n) is 12.9. The molecule has 0 atom stereocenters. The Bertz CT molecular complexity index is 635.